The van der Waals surface area contributed by atoms with Crippen molar-refractivity contribution in [3.05, 3.63) is 46.7 Å². The molecule has 1 unspecified atom stereocenters. The summed E-state index contributed by atoms with van der Waals surface area (Å²) in [5.74, 6) is 0.341. The number of hydrogen-bond donors (Lipinski definition) is 1. The molecule has 1 aliphatic rings. The van der Waals surface area contributed by atoms with E-state index < -0.39 is 25.0 Å². The summed E-state index contributed by atoms with van der Waals surface area (Å²) in [6.45, 7) is 4.69. The van der Waals surface area contributed by atoms with Crippen LogP contribution in [0.15, 0.2) is 18.3 Å². The van der Waals surface area contributed by atoms with Crippen LogP contribution < -0.4 is 10.1 Å². The number of amides is 1. The van der Waals surface area contributed by atoms with Crippen LogP contribution in [-0.4, -0.2) is 39.7 Å². The number of ether oxygens (including phenoxy) is 1. The quantitative estimate of drug-likeness (QED) is 0.618. The lowest BCUT2D eigenvalue weighted by Crippen LogP contribution is -2.28. The van der Waals surface area contributed by atoms with Crippen molar-refractivity contribution in [2.75, 3.05) is 6.61 Å². The Morgan fingerprint density at radius 1 is 1.26 bits per heavy atom. The monoisotopic (exact) mass is 432 g/mol. The molecule has 0 bridgehead atoms. The van der Waals surface area contributed by atoms with Crippen LogP contribution in [0.5, 0.6) is 5.88 Å². The summed E-state index contributed by atoms with van der Waals surface area (Å²) in [4.78, 5) is 37.5. The summed E-state index contributed by atoms with van der Waals surface area (Å²) in [5.41, 5.74) is 2.20. The van der Waals surface area contributed by atoms with Crippen molar-refractivity contribution in [2.45, 2.75) is 58.9 Å². The van der Waals surface area contributed by atoms with Crippen LogP contribution in [0.25, 0.3) is 0 Å². The van der Waals surface area contributed by atoms with Crippen LogP contribution in [0.3, 0.4) is 0 Å². The number of nitrogens with one attached hydrogen (secondary N) is 1. The van der Waals surface area contributed by atoms with Gasteiger partial charge in [0.05, 0.1) is 12.5 Å². The Labute approximate surface area is 179 Å². The minimum Gasteiger partial charge on any atom is -0.471 e. The minimum atomic E-state index is -2.58. The molecule has 7 nitrogen and oxygen atoms in total. The third-order valence-electron chi connectivity index (χ3n) is 5.02. The Morgan fingerprint density at radius 2 is 2.00 bits per heavy atom. The number of aryl methyl sites for hydroxylation is 2. The number of pyridine rings is 1. The molecule has 0 radical (unpaired) electrons. The average Bonchev–Trinajstić information content (AvgIpc) is 3.57. The fraction of sp³-hybridized carbons (Fsp3) is 0.500. The maximum atomic E-state index is 12.7. The highest BCUT2D eigenvalue weighted by molar-refractivity contribution is 5.92. The molecule has 166 valence electrons. The number of halogens is 2. The lowest BCUT2D eigenvalue weighted by atomic mass is 10.1. The summed E-state index contributed by atoms with van der Waals surface area (Å²) in [5, 5.41) is 2.86. The number of Topliss-reactive ketones (excluding diaryl/α,β-unsaturated/α-hetero) is 1. The molecule has 31 heavy (non-hydrogen) atoms. The zero-order valence-electron chi connectivity index (χ0n) is 17.8. The lowest BCUT2D eigenvalue weighted by molar-refractivity contribution is -0.119. The molecule has 0 aromatic carbocycles. The molecule has 2 heterocycles. The van der Waals surface area contributed by atoms with Gasteiger partial charge in [-0.1, -0.05) is 6.92 Å². The third kappa shape index (κ3) is 6.26. The zero-order chi connectivity index (χ0) is 22.5. The molecule has 0 spiro atoms. The van der Waals surface area contributed by atoms with E-state index in [0.29, 0.717) is 29.1 Å². The van der Waals surface area contributed by atoms with Crippen LogP contribution in [-0.2, 0) is 17.6 Å². The number of nitrogens with zero attached hydrogens (tertiary/aromatic N) is 3. The van der Waals surface area contributed by atoms with Gasteiger partial charge in [-0.25, -0.2) is 23.7 Å². The number of carbonyl (C=O) groups excluding carboxylic acids is 2. The van der Waals surface area contributed by atoms with Crippen LogP contribution in [0.2, 0.25) is 0 Å². The second-order valence-electron chi connectivity index (χ2n) is 7.71. The smallest absolute Gasteiger partial charge is 0.272 e. The number of rotatable bonds is 10. The van der Waals surface area contributed by atoms with Crippen molar-refractivity contribution in [1.82, 2.24) is 20.3 Å². The predicted octanol–water partition coefficient (Wildman–Crippen LogP) is 3.40. The van der Waals surface area contributed by atoms with Gasteiger partial charge >= 0.3 is 0 Å². The molecule has 1 saturated carbocycles. The third-order valence-corrected chi connectivity index (χ3v) is 5.02. The first-order valence-electron chi connectivity index (χ1n) is 10.3. The summed E-state index contributed by atoms with van der Waals surface area (Å²) in [6.07, 6.45) is 1.42. The number of alkyl halides is 2. The largest absolute Gasteiger partial charge is 0.471 e. The second-order valence-corrected chi connectivity index (χ2v) is 7.71. The highest BCUT2D eigenvalue weighted by Crippen LogP contribution is 2.30. The zero-order valence-corrected chi connectivity index (χ0v) is 17.8. The SMILES string of the molecule is CCc1cc(C(C)NC(=O)c2cc(C)nc(CC(=O)C3CC3)n2)cnc1OCC(F)F. The van der Waals surface area contributed by atoms with Gasteiger partial charge in [0.1, 0.15) is 17.3 Å². The van der Waals surface area contributed by atoms with E-state index in [4.69, 9.17) is 4.74 Å². The van der Waals surface area contributed by atoms with Crippen molar-refractivity contribution in [1.29, 1.82) is 0 Å². The molecule has 2 aromatic rings. The molecule has 1 atom stereocenters. The molecule has 1 aliphatic carbocycles. The fourth-order valence-corrected chi connectivity index (χ4v) is 3.16. The maximum Gasteiger partial charge on any atom is 0.272 e. The summed E-state index contributed by atoms with van der Waals surface area (Å²) >= 11 is 0. The Hall–Kier alpha value is -2.97. The first-order chi connectivity index (χ1) is 14.8. The van der Waals surface area contributed by atoms with Crippen molar-refractivity contribution in [2.24, 2.45) is 5.92 Å². The van der Waals surface area contributed by atoms with Gasteiger partial charge in [-0.05, 0) is 50.8 Å². The molecular formula is C22H26F2N4O3. The van der Waals surface area contributed by atoms with Crippen molar-refractivity contribution in [3.8, 4) is 5.88 Å². The highest BCUT2D eigenvalue weighted by Gasteiger charge is 2.30. The van der Waals surface area contributed by atoms with Gasteiger partial charge in [-0.15, -0.1) is 0 Å². The van der Waals surface area contributed by atoms with E-state index >= 15 is 0 Å². The molecule has 1 N–H and O–H groups in total. The Bertz CT molecular complexity index is 964. The highest BCUT2D eigenvalue weighted by atomic mass is 19.3. The van der Waals surface area contributed by atoms with Crippen LogP contribution in [0, 0.1) is 12.8 Å². The van der Waals surface area contributed by atoms with Crippen LogP contribution in [0.1, 0.15) is 65.9 Å². The van der Waals surface area contributed by atoms with Gasteiger partial charge in [0.15, 0.2) is 6.61 Å². The molecular weight excluding hydrogens is 406 g/mol. The van der Waals surface area contributed by atoms with Gasteiger partial charge in [0.2, 0.25) is 5.88 Å². The lowest BCUT2D eigenvalue weighted by Gasteiger charge is -2.17. The topological polar surface area (TPSA) is 94.1 Å². The summed E-state index contributed by atoms with van der Waals surface area (Å²) in [7, 11) is 0. The standard InChI is InChI=1S/C22H26F2N4O3/c1-4-14-8-16(10-25-22(14)31-11-19(23)24)13(3)27-21(30)17-7-12(2)26-20(28-17)9-18(29)15-5-6-15/h7-8,10,13,15,19H,4-6,9,11H2,1-3H3,(H,27,30). The fourth-order valence-electron chi connectivity index (χ4n) is 3.16. The van der Waals surface area contributed by atoms with Gasteiger partial charge in [-0.2, -0.15) is 0 Å². The molecule has 1 fully saturated rings. The summed E-state index contributed by atoms with van der Waals surface area (Å²) < 4.78 is 29.9. The number of aromatic nitrogens is 3. The second kappa shape index (κ2) is 9.89. The average molecular weight is 432 g/mol. The van der Waals surface area contributed by atoms with E-state index in [0.717, 1.165) is 12.8 Å². The first kappa shape index (κ1) is 22.7. The van der Waals surface area contributed by atoms with Crippen molar-refractivity contribution < 1.29 is 23.1 Å². The van der Waals surface area contributed by atoms with E-state index in [1.54, 1.807) is 26.0 Å². The molecule has 0 saturated heterocycles. The van der Waals surface area contributed by atoms with E-state index in [-0.39, 0.29) is 29.7 Å². The predicted molar refractivity (Wildman–Crippen MR) is 109 cm³/mol. The van der Waals surface area contributed by atoms with Gasteiger partial charge in [0.25, 0.3) is 12.3 Å². The first-order valence-corrected chi connectivity index (χ1v) is 10.3. The Kier molecular flexibility index (Phi) is 7.25. The molecule has 9 heteroatoms. The van der Waals surface area contributed by atoms with Gasteiger partial charge < -0.3 is 10.1 Å². The number of carbonyl (C=O) groups is 2. The molecule has 1 amide bonds. The van der Waals surface area contributed by atoms with Crippen LogP contribution in [0.4, 0.5) is 8.78 Å². The Morgan fingerprint density at radius 3 is 2.65 bits per heavy atom. The molecule has 3 rings (SSSR count). The number of ketones is 1. The molecule has 2 aromatic heterocycles. The number of hydrogen-bond acceptors (Lipinski definition) is 6. The van der Waals surface area contributed by atoms with E-state index in [2.05, 4.69) is 20.3 Å². The normalized spacial score (nSPS) is 14.4. The van der Waals surface area contributed by atoms with Crippen molar-refractivity contribution >= 4 is 11.7 Å². The minimum absolute atomic E-state index is 0.106. The van der Waals surface area contributed by atoms with Gasteiger partial charge in [0, 0.05) is 23.4 Å². The van der Waals surface area contributed by atoms with E-state index in [1.807, 2.05) is 6.92 Å². The van der Waals surface area contributed by atoms with E-state index in [1.165, 1.54) is 6.20 Å². The summed E-state index contributed by atoms with van der Waals surface area (Å²) in [6, 6.07) is 2.95. The Balaban J connectivity index is 1.69. The van der Waals surface area contributed by atoms with Gasteiger partial charge in [-0.3, -0.25) is 9.59 Å². The molecule has 0 aliphatic heterocycles. The van der Waals surface area contributed by atoms with E-state index in [9.17, 15) is 18.4 Å². The van der Waals surface area contributed by atoms with Crippen molar-refractivity contribution in [3.63, 3.8) is 0 Å². The van der Waals surface area contributed by atoms with Crippen LogP contribution >= 0.6 is 0 Å². The maximum absolute atomic E-state index is 12.7.